The zero-order chi connectivity index (χ0) is 21.6. The maximum absolute atomic E-state index is 11.9. The van der Waals surface area contributed by atoms with Crippen LogP contribution in [0.5, 0.6) is 0 Å². The van der Waals surface area contributed by atoms with Gasteiger partial charge in [0.15, 0.2) is 0 Å². The topological polar surface area (TPSA) is 36.0 Å². The fourth-order valence-electron chi connectivity index (χ4n) is 5.18. The first-order valence-corrected chi connectivity index (χ1v) is 12.3. The van der Waals surface area contributed by atoms with Crippen LogP contribution in [0.4, 0.5) is 11.4 Å². The van der Waals surface area contributed by atoms with Crippen molar-refractivity contribution < 1.29 is 9.53 Å². The van der Waals surface area contributed by atoms with E-state index in [0.717, 1.165) is 58.9 Å². The molecule has 1 aliphatic carbocycles. The predicted molar refractivity (Wildman–Crippen MR) is 128 cm³/mol. The summed E-state index contributed by atoms with van der Waals surface area (Å²) in [6.07, 6.45) is 7.97. The summed E-state index contributed by atoms with van der Waals surface area (Å²) in [5.41, 5.74) is 5.90. The molecule has 2 fully saturated rings. The van der Waals surface area contributed by atoms with Gasteiger partial charge in [0.1, 0.15) is 5.78 Å². The third-order valence-electron chi connectivity index (χ3n) is 7.29. The minimum Gasteiger partial charge on any atom is -0.378 e. The van der Waals surface area contributed by atoms with Crippen LogP contribution in [0.25, 0.3) is 0 Å². The van der Waals surface area contributed by atoms with Crippen LogP contribution >= 0.6 is 0 Å². The van der Waals surface area contributed by atoms with Crippen LogP contribution in [0.15, 0.2) is 29.8 Å². The van der Waals surface area contributed by atoms with Crippen LogP contribution in [-0.4, -0.2) is 69.7 Å². The number of anilines is 2. The zero-order valence-corrected chi connectivity index (χ0v) is 19.4. The highest BCUT2D eigenvalue weighted by molar-refractivity contribution is 5.80. The molecule has 31 heavy (non-hydrogen) atoms. The van der Waals surface area contributed by atoms with Crippen molar-refractivity contribution in [3.8, 4) is 0 Å². The molecule has 0 saturated carbocycles. The van der Waals surface area contributed by atoms with Crippen molar-refractivity contribution in [2.24, 2.45) is 0 Å². The van der Waals surface area contributed by atoms with Gasteiger partial charge in [0, 0.05) is 57.1 Å². The molecular weight excluding hydrogens is 386 g/mol. The number of hydrogen-bond donors (Lipinski definition) is 0. The lowest BCUT2D eigenvalue weighted by Crippen LogP contribution is -2.48. The average molecular weight is 426 g/mol. The molecule has 1 atom stereocenters. The number of piperazine rings is 1. The monoisotopic (exact) mass is 425 g/mol. The van der Waals surface area contributed by atoms with E-state index in [1.165, 1.54) is 36.2 Å². The smallest absolute Gasteiger partial charge is 0.146 e. The molecule has 0 spiro atoms. The largest absolute Gasteiger partial charge is 0.378 e. The number of ketones is 1. The summed E-state index contributed by atoms with van der Waals surface area (Å²) in [6, 6.07) is 7.16. The maximum atomic E-state index is 11.9. The van der Waals surface area contributed by atoms with Crippen molar-refractivity contribution >= 4 is 17.2 Å². The second-order valence-electron chi connectivity index (χ2n) is 9.19. The third kappa shape index (κ3) is 5.50. The van der Waals surface area contributed by atoms with E-state index in [0.29, 0.717) is 24.7 Å². The summed E-state index contributed by atoms with van der Waals surface area (Å²) in [5, 5.41) is 0. The van der Waals surface area contributed by atoms with Crippen molar-refractivity contribution in [3.05, 3.63) is 35.4 Å². The number of Topliss-reactive ketones (excluding diaryl/α,β-unsaturated/α-hetero) is 1. The number of carbonyl (C=O) groups is 1. The van der Waals surface area contributed by atoms with E-state index in [2.05, 4.69) is 45.9 Å². The quantitative estimate of drug-likeness (QED) is 0.611. The first-order valence-electron chi connectivity index (χ1n) is 12.3. The van der Waals surface area contributed by atoms with E-state index in [9.17, 15) is 4.79 Å². The molecule has 2 saturated heterocycles. The highest BCUT2D eigenvalue weighted by Crippen LogP contribution is 2.40. The van der Waals surface area contributed by atoms with E-state index in [4.69, 9.17) is 4.74 Å². The molecule has 1 aromatic carbocycles. The van der Waals surface area contributed by atoms with Crippen LogP contribution in [0.1, 0.15) is 57.4 Å². The fraction of sp³-hybridized carbons (Fsp3) is 0.654. The van der Waals surface area contributed by atoms with Crippen molar-refractivity contribution in [1.29, 1.82) is 0 Å². The van der Waals surface area contributed by atoms with Gasteiger partial charge in [-0.2, -0.15) is 0 Å². The third-order valence-corrected chi connectivity index (χ3v) is 7.29. The Kier molecular flexibility index (Phi) is 7.67. The highest BCUT2D eigenvalue weighted by Gasteiger charge is 2.25. The lowest BCUT2D eigenvalue weighted by molar-refractivity contribution is -0.119. The molecule has 5 nitrogen and oxygen atoms in total. The van der Waals surface area contributed by atoms with Gasteiger partial charge in [-0.25, -0.2) is 0 Å². The number of morpholine rings is 1. The van der Waals surface area contributed by atoms with Crippen LogP contribution in [0.2, 0.25) is 0 Å². The van der Waals surface area contributed by atoms with Crippen molar-refractivity contribution in [2.75, 3.05) is 68.8 Å². The van der Waals surface area contributed by atoms with Crippen LogP contribution < -0.4 is 9.80 Å². The molecule has 2 aliphatic heterocycles. The second-order valence-corrected chi connectivity index (χ2v) is 9.19. The van der Waals surface area contributed by atoms with Gasteiger partial charge >= 0.3 is 0 Å². The molecule has 170 valence electrons. The Hall–Kier alpha value is -1.85. The Labute approximate surface area is 188 Å². The van der Waals surface area contributed by atoms with Gasteiger partial charge < -0.3 is 14.5 Å². The number of hydrogen-bond acceptors (Lipinski definition) is 5. The molecule has 4 rings (SSSR count). The maximum Gasteiger partial charge on any atom is 0.146 e. The Morgan fingerprint density at radius 1 is 1.03 bits per heavy atom. The van der Waals surface area contributed by atoms with Gasteiger partial charge in [-0.1, -0.05) is 25.5 Å². The van der Waals surface area contributed by atoms with E-state index in [-0.39, 0.29) is 0 Å². The summed E-state index contributed by atoms with van der Waals surface area (Å²) in [5.74, 6) is 0.954. The lowest BCUT2D eigenvalue weighted by atomic mass is 9.82. The predicted octanol–water partition coefficient (Wildman–Crippen LogP) is 4.23. The molecule has 0 N–H and O–H groups in total. The average Bonchev–Trinajstić information content (AvgIpc) is 2.85. The fourth-order valence-corrected chi connectivity index (χ4v) is 5.18. The molecule has 3 aliphatic rings. The second kappa shape index (κ2) is 10.6. The number of ether oxygens (including phenoxy) is 1. The van der Waals surface area contributed by atoms with Gasteiger partial charge in [-0.3, -0.25) is 9.69 Å². The Bertz CT molecular complexity index is 777. The Morgan fingerprint density at radius 3 is 2.45 bits per heavy atom. The normalized spacial score (nSPS) is 23.0. The lowest BCUT2D eigenvalue weighted by Gasteiger charge is -2.38. The first kappa shape index (κ1) is 22.3. The van der Waals surface area contributed by atoms with Crippen molar-refractivity contribution in [1.82, 2.24) is 4.90 Å². The van der Waals surface area contributed by atoms with Crippen LogP contribution in [-0.2, 0) is 9.53 Å². The summed E-state index contributed by atoms with van der Waals surface area (Å²) >= 11 is 0. The Morgan fingerprint density at radius 2 is 1.81 bits per heavy atom. The first-order chi connectivity index (χ1) is 15.2. The zero-order valence-electron chi connectivity index (χ0n) is 19.4. The molecule has 2 heterocycles. The van der Waals surface area contributed by atoms with Crippen LogP contribution in [0, 0.1) is 0 Å². The minimum atomic E-state index is 0.352. The number of benzene rings is 1. The van der Waals surface area contributed by atoms with Gasteiger partial charge in [0.2, 0.25) is 0 Å². The molecule has 0 aromatic heterocycles. The summed E-state index contributed by atoms with van der Waals surface area (Å²) in [4.78, 5) is 19.2. The molecule has 0 amide bonds. The number of rotatable bonds is 7. The van der Waals surface area contributed by atoms with Crippen molar-refractivity contribution in [3.63, 3.8) is 0 Å². The minimum absolute atomic E-state index is 0.352. The molecule has 1 aromatic rings. The van der Waals surface area contributed by atoms with E-state index in [1.54, 1.807) is 5.57 Å². The van der Waals surface area contributed by atoms with Gasteiger partial charge in [-0.05, 0) is 55.4 Å². The van der Waals surface area contributed by atoms with Gasteiger partial charge in [0.25, 0.3) is 0 Å². The number of carbonyl (C=O) groups excluding carboxylic acids is 1. The highest BCUT2D eigenvalue weighted by atomic mass is 16.5. The van der Waals surface area contributed by atoms with Crippen molar-refractivity contribution in [2.45, 2.75) is 51.9 Å². The molecule has 0 radical (unpaired) electrons. The van der Waals surface area contributed by atoms with Gasteiger partial charge in [0.05, 0.1) is 19.8 Å². The molecule has 1 unspecified atom stereocenters. The van der Waals surface area contributed by atoms with Crippen LogP contribution in [0.3, 0.4) is 0 Å². The molecular formula is C26H39N3O2. The van der Waals surface area contributed by atoms with E-state index < -0.39 is 0 Å². The van der Waals surface area contributed by atoms with E-state index >= 15 is 0 Å². The van der Waals surface area contributed by atoms with Gasteiger partial charge in [-0.15, -0.1) is 0 Å². The summed E-state index contributed by atoms with van der Waals surface area (Å²) in [6.45, 7) is 12.4. The van der Waals surface area contributed by atoms with E-state index in [1.807, 2.05) is 6.92 Å². The standard InChI is InChI=1S/C26H39N3O2/c1-3-21-5-7-22(8-6-21)25-19-23(28-15-17-31-18-16-28)9-10-26(25)29-13-11-27(12-14-29)20-24(30)4-2/h5,9-10,19,22H,3-4,6-8,11-18,20H2,1-2H3. The summed E-state index contributed by atoms with van der Waals surface area (Å²) < 4.78 is 5.57. The SMILES string of the molecule is CCC(=O)CN1CCN(c2ccc(N3CCOCC3)cc2C2CC=C(CC)CC2)CC1. The Balaban J connectivity index is 1.53. The summed E-state index contributed by atoms with van der Waals surface area (Å²) in [7, 11) is 0. The molecule has 0 bridgehead atoms. The molecule has 5 heteroatoms. The number of nitrogens with zero attached hydrogens (tertiary/aromatic N) is 3. The number of allylic oxidation sites excluding steroid dienone is 2.